The fraction of sp³-hybridized carbons (Fsp3) is 0.217. The van der Waals surface area contributed by atoms with Crippen LogP contribution in [0.3, 0.4) is 0 Å². The van der Waals surface area contributed by atoms with E-state index in [1.807, 2.05) is 67.6 Å². The molecule has 0 heterocycles. The largest absolute Gasteiger partial charge is 0.490 e. The number of nitrogens with one attached hydrogen (secondary N) is 1. The molecule has 0 amide bonds. The Morgan fingerprint density at radius 1 is 0.778 bits per heavy atom. The quantitative estimate of drug-likeness (QED) is 0.522. The molecule has 1 N–H and O–H groups in total. The van der Waals surface area contributed by atoms with Crippen LogP contribution in [-0.2, 0) is 19.7 Å². The number of rotatable bonds is 9. The smallest absolute Gasteiger partial charge is 0.180 e. The number of ether oxygens (including phenoxy) is 2. The molecule has 3 nitrogen and oxygen atoms in total. The first-order chi connectivity index (χ1) is 13.3. The van der Waals surface area contributed by atoms with Crippen molar-refractivity contribution in [3.63, 3.8) is 0 Å². The Labute approximate surface area is 165 Å². The Bertz CT molecular complexity index is 838. The van der Waals surface area contributed by atoms with Crippen LogP contribution in [0.5, 0.6) is 11.5 Å². The molecule has 3 rings (SSSR count). The van der Waals surface area contributed by atoms with Gasteiger partial charge in [0.05, 0.1) is 11.6 Å². The second-order valence-corrected chi connectivity index (χ2v) is 6.61. The zero-order valence-electron chi connectivity index (χ0n) is 15.5. The van der Waals surface area contributed by atoms with Crippen LogP contribution >= 0.6 is 11.6 Å². The maximum atomic E-state index is 6.50. The lowest BCUT2D eigenvalue weighted by Crippen LogP contribution is -2.13. The fourth-order valence-electron chi connectivity index (χ4n) is 2.80. The van der Waals surface area contributed by atoms with Crippen molar-refractivity contribution in [1.82, 2.24) is 5.32 Å². The van der Waals surface area contributed by atoms with E-state index in [0.29, 0.717) is 36.3 Å². The van der Waals surface area contributed by atoms with Crippen LogP contribution in [0.15, 0.2) is 72.8 Å². The van der Waals surface area contributed by atoms with E-state index in [0.717, 1.165) is 17.7 Å². The van der Waals surface area contributed by atoms with Gasteiger partial charge in [0, 0.05) is 13.1 Å². The van der Waals surface area contributed by atoms with E-state index < -0.39 is 0 Å². The van der Waals surface area contributed by atoms with Crippen LogP contribution in [0.2, 0.25) is 5.02 Å². The summed E-state index contributed by atoms with van der Waals surface area (Å²) in [6.07, 6.45) is 0. The van der Waals surface area contributed by atoms with Crippen molar-refractivity contribution in [2.75, 3.05) is 6.61 Å². The lowest BCUT2D eigenvalue weighted by molar-refractivity contribution is 0.269. The van der Waals surface area contributed by atoms with Gasteiger partial charge in [-0.15, -0.1) is 0 Å². The van der Waals surface area contributed by atoms with Crippen LogP contribution < -0.4 is 14.8 Å². The minimum atomic E-state index is 0.451. The van der Waals surface area contributed by atoms with Crippen LogP contribution in [0, 0.1) is 0 Å². The van der Waals surface area contributed by atoms with Crippen LogP contribution in [-0.4, -0.2) is 6.61 Å². The maximum Gasteiger partial charge on any atom is 0.180 e. The van der Waals surface area contributed by atoms with Gasteiger partial charge in [-0.1, -0.05) is 72.3 Å². The molecule has 140 valence electrons. The molecule has 0 saturated heterocycles. The minimum absolute atomic E-state index is 0.451. The molecule has 0 aliphatic heterocycles. The highest BCUT2D eigenvalue weighted by atomic mass is 35.5. The second kappa shape index (κ2) is 10.0. The highest BCUT2D eigenvalue weighted by Gasteiger charge is 2.13. The molecule has 0 unspecified atom stereocenters. The molecule has 0 fully saturated rings. The number of benzene rings is 3. The molecule has 0 aromatic heterocycles. The molecule has 0 bridgehead atoms. The minimum Gasteiger partial charge on any atom is -0.490 e. The molecule has 27 heavy (non-hydrogen) atoms. The normalized spacial score (nSPS) is 10.6. The second-order valence-electron chi connectivity index (χ2n) is 6.20. The highest BCUT2D eigenvalue weighted by molar-refractivity contribution is 6.32. The summed E-state index contributed by atoms with van der Waals surface area (Å²) in [6, 6.07) is 24.3. The fourth-order valence-corrected chi connectivity index (χ4v) is 3.09. The Balaban J connectivity index is 1.67. The maximum absolute atomic E-state index is 6.50. The highest BCUT2D eigenvalue weighted by Crippen LogP contribution is 2.37. The average Bonchev–Trinajstić information content (AvgIpc) is 2.69. The van der Waals surface area contributed by atoms with Gasteiger partial charge in [0.2, 0.25) is 0 Å². The van der Waals surface area contributed by atoms with Gasteiger partial charge in [0.1, 0.15) is 6.61 Å². The van der Waals surface area contributed by atoms with E-state index in [9.17, 15) is 0 Å². The standard InChI is InChI=1S/C23H24ClNO2/c1-2-26-22-14-20(16-25-15-18-9-5-3-6-10-18)13-21(24)23(22)27-17-19-11-7-4-8-12-19/h3-14,25H,2,15-17H2,1H3. The van der Waals surface area contributed by atoms with Gasteiger partial charge in [-0.05, 0) is 35.7 Å². The molecule has 0 saturated carbocycles. The van der Waals surface area contributed by atoms with Gasteiger partial charge >= 0.3 is 0 Å². The van der Waals surface area contributed by atoms with E-state index in [2.05, 4.69) is 17.4 Å². The first kappa shape index (κ1) is 19.3. The van der Waals surface area contributed by atoms with Crippen molar-refractivity contribution in [1.29, 1.82) is 0 Å². The van der Waals surface area contributed by atoms with E-state index >= 15 is 0 Å². The first-order valence-electron chi connectivity index (χ1n) is 9.13. The third-order valence-electron chi connectivity index (χ3n) is 4.10. The monoisotopic (exact) mass is 381 g/mol. The summed E-state index contributed by atoms with van der Waals surface area (Å²) in [5.41, 5.74) is 3.40. The van der Waals surface area contributed by atoms with E-state index in [1.54, 1.807) is 0 Å². The van der Waals surface area contributed by atoms with Gasteiger partial charge in [-0.25, -0.2) is 0 Å². The topological polar surface area (TPSA) is 30.5 Å². The predicted octanol–water partition coefficient (Wildman–Crippen LogP) is 5.61. The van der Waals surface area contributed by atoms with Crippen molar-refractivity contribution < 1.29 is 9.47 Å². The summed E-state index contributed by atoms with van der Waals surface area (Å²) in [5.74, 6) is 1.27. The summed E-state index contributed by atoms with van der Waals surface area (Å²) in [6.45, 7) is 4.46. The summed E-state index contributed by atoms with van der Waals surface area (Å²) in [4.78, 5) is 0. The molecule has 0 spiro atoms. The Hall–Kier alpha value is -2.49. The van der Waals surface area contributed by atoms with E-state index in [1.165, 1.54) is 5.56 Å². The molecule has 0 aliphatic carbocycles. The molecule has 0 radical (unpaired) electrons. The molecule has 0 aliphatic rings. The van der Waals surface area contributed by atoms with Gasteiger partial charge < -0.3 is 14.8 Å². The lowest BCUT2D eigenvalue weighted by Gasteiger charge is -2.16. The molecular weight excluding hydrogens is 358 g/mol. The summed E-state index contributed by atoms with van der Waals surface area (Å²) < 4.78 is 11.7. The van der Waals surface area contributed by atoms with Crippen molar-refractivity contribution in [2.24, 2.45) is 0 Å². The summed E-state index contributed by atoms with van der Waals surface area (Å²) in [7, 11) is 0. The average molecular weight is 382 g/mol. The van der Waals surface area contributed by atoms with Crippen molar-refractivity contribution in [3.05, 3.63) is 94.5 Å². The number of hydrogen-bond donors (Lipinski definition) is 1. The zero-order chi connectivity index (χ0) is 18.9. The Kier molecular flexibility index (Phi) is 7.14. The molecule has 3 aromatic rings. The van der Waals surface area contributed by atoms with Crippen molar-refractivity contribution in [3.8, 4) is 11.5 Å². The first-order valence-corrected chi connectivity index (χ1v) is 9.50. The van der Waals surface area contributed by atoms with Crippen molar-refractivity contribution in [2.45, 2.75) is 26.6 Å². The molecular formula is C23H24ClNO2. The number of hydrogen-bond acceptors (Lipinski definition) is 3. The molecule has 4 heteroatoms. The summed E-state index contributed by atoms with van der Waals surface area (Å²) in [5, 5.41) is 4.00. The van der Waals surface area contributed by atoms with E-state index in [-0.39, 0.29) is 0 Å². The van der Waals surface area contributed by atoms with Crippen LogP contribution in [0.4, 0.5) is 0 Å². The Morgan fingerprint density at radius 3 is 2.07 bits per heavy atom. The van der Waals surface area contributed by atoms with E-state index in [4.69, 9.17) is 21.1 Å². The van der Waals surface area contributed by atoms with Gasteiger partial charge in [0.25, 0.3) is 0 Å². The van der Waals surface area contributed by atoms with Crippen molar-refractivity contribution >= 4 is 11.6 Å². The van der Waals surface area contributed by atoms with Gasteiger partial charge in [-0.2, -0.15) is 0 Å². The van der Waals surface area contributed by atoms with Gasteiger partial charge in [-0.3, -0.25) is 0 Å². The SMILES string of the molecule is CCOc1cc(CNCc2ccccc2)cc(Cl)c1OCc1ccccc1. The molecule has 0 atom stereocenters. The van der Waals surface area contributed by atoms with Crippen LogP contribution in [0.25, 0.3) is 0 Å². The Morgan fingerprint density at radius 2 is 1.41 bits per heavy atom. The van der Waals surface area contributed by atoms with Crippen LogP contribution in [0.1, 0.15) is 23.6 Å². The third-order valence-corrected chi connectivity index (χ3v) is 4.38. The summed E-state index contributed by atoms with van der Waals surface area (Å²) >= 11 is 6.50. The number of halogens is 1. The molecule has 3 aromatic carbocycles. The zero-order valence-corrected chi connectivity index (χ0v) is 16.2. The van der Waals surface area contributed by atoms with Gasteiger partial charge in [0.15, 0.2) is 11.5 Å². The predicted molar refractivity (Wildman–Crippen MR) is 110 cm³/mol. The third kappa shape index (κ3) is 5.75. The lowest BCUT2D eigenvalue weighted by atomic mass is 10.1.